The van der Waals surface area contributed by atoms with Gasteiger partial charge in [-0.1, -0.05) is 36.8 Å². The van der Waals surface area contributed by atoms with Crippen molar-refractivity contribution < 1.29 is 4.74 Å². The topological polar surface area (TPSA) is 9.23 Å². The third-order valence-corrected chi connectivity index (χ3v) is 3.24. The zero-order valence-electron chi connectivity index (χ0n) is 9.75. The minimum absolute atomic E-state index is 0.364. The van der Waals surface area contributed by atoms with Crippen LogP contribution in [-0.2, 0) is 10.2 Å². The van der Waals surface area contributed by atoms with E-state index in [0.29, 0.717) is 5.41 Å². The minimum atomic E-state index is 0.364. The van der Waals surface area contributed by atoms with Crippen molar-refractivity contribution in [2.24, 2.45) is 0 Å². The predicted octanol–water partition coefficient (Wildman–Crippen LogP) is 3.45. The molecule has 1 saturated carbocycles. The van der Waals surface area contributed by atoms with Gasteiger partial charge in [-0.3, -0.25) is 0 Å². The van der Waals surface area contributed by atoms with Gasteiger partial charge in [0.1, 0.15) is 0 Å². The molecule has 0 radical (unpaired) electrons. The van der Waals surface area contributed by atoms with E-state index in [4.69, 9.17) is 4.74 Å². The Morgan fingerprint density at radius 2 is 1.87 bits per heavy atom. The zero-order valence-corrected chi connectivity index (χ0v) is 9.75. The lowest BCUT2D eigenvalue weighted by Gasteiger charge is -2.15. The highest BCUT2D eigenvalue weighted by Crippen LogP contribution is 2.48. The Morgan fingerprint density at radius 3 is 2.40 bits per heavy atom. The summed E-state index contributed by atoms with van der Waals surface area (Å²) in [6.07, 6.45) is 3.70. The molecule has 1 fully saturated rings. The minimum Gasteiger partial charge on any atom is -0.381 e. The molecule has 1 aliphatic carbocycles. The predicted molar refractivity (Wildman–Crippen MR) is 63.2 cm³/mol. The SMILES string of the molecule is CCCOCC1(c2ccc(C)cc2)CC1. The van der Waals surface area contributed by atoms with Crippen LogP contribution in [0.25, 0.3) is 0 Å². The maximum atomic E-state index is 5.69. The van der Waals surface area contributed by atoms with E-state index < -0.39 is 0 Å². The van der Waals surface area contributed by atoms with Crippen LogP contribution in [0.5, 0.6) is 0 Å². The average Bonchev–Trinajstić information content (AvgIpc) is 3.00. The van der Waals surface area contributed by atoms with Crippen LogP contribution in [0.2, 0.25) is 0 Å². The molecule has 1 nitrogen and oxygen atoms in total. The van der Waals surface area contributed by atoms with Gasteiger partial charge in [0.15, 0.2) is 0 Å². The number of rotatable bonds is 5. The maximum absolute atomic E-state index is 5.69. The molecule has 15 heavy (non-hydrogen) atoms. The molecule has 0 amide bonds. The summed E-state index contributed by atoms with van der Waals surface area (Å²) in [7, 11) is 0. The van der Waals surface area contributed by atoms with Gasteiger partial charge >= 0.3 is 0 Å². The first kappa shape index (κ1) is 10.7. The Kier molecular flexibility index (Phi) is 3.11. The summed E-state index contributed by atoms with van der Waals surface area (Å²) >= 11 is 0. The highest BCUT2D eigenvalue weighted by Gasteiger charge is 2.44. The van der Waals surface area contributed by atoms with Crippen molar-refractivity contribution in [1.82, 2.24) is 0 Å². The van der Waals surface area contributed by atoms with Crippen LogP contribution in [0.1, 0.15) is 37.3 Å². The molecule has 0 saturated heterocycles. The van der Waals surface area contributed by atoms with Gasteiger partial charge in [0, 0.05) is 12.0 Å². The maximum Gasteiger partial charge on any atom is 0.0562 e. The standard InChI is InChI=1S/C14H20O/c1-3-10-15-11-14(8-9-14)13-6-4-12(2)5-7-13/h4-7H,3,8-11H2,1-2H3. The van der Waals surface area contributed by atoms with E-state index in [0.717, 1.165) is 19.6 Å². The summed E-state index contributed by atoms with van der Waals surface area (Å²) in [5.74, 6) is 0. The second-order valence-electron chi connectivity index (χ2n) is 4.70. The molecule has 0 unspecified atom stereocenters. The second kappa shape index (κ2) is 4.36. The first-order valence-corrected chi connectivity index (χ1v) is 5.92. The van der Waals surface area contributed by atoms with Gasteiger partial charge in [-0.2, -0.15) is 0 Å². The highest BCUT2D eigenvalue weighted by atomic mass is 16.5. The largest absolute Gasteiger partial charge is 0.381 e. The van der Waals surface area contributed by atoms with E-state index >= 15 is 0 Å². The quantitative estimate of drug-likeness (QED) is 0.667. The fourth-order valence-corrected chi connectivity index (χ4v) is 1.99. The molecule has 0 aliphatic heterocycles. The molecule has 0 bridgehead atoms. The second-order valence-corrected chi connectivity index (χ2v) is 4.70. The number of hydrogen-bond acceptors (Lipinski definition) is 1. The van der Waals surface area contributed by atoms with Gasteiger partial charge in [-0.15, -0.1) is 0 Å². The van der Waals surface area contributed by atoms with Crippen LogP contribution < -0.4 is 0 Å². The fourth-order valence-electron chi connectivity index (χ4n) is 1.99. The van der Waals surface area contributed by atoms with E-state index in [-0.39, 0.29) is 0 Å². The van der Waals surface area contributed by atoms with Crippen molar-refractivity contribution >= 4 is 0 Å². The van der Waals surface area contributed by atoms with Crippen LogP contribution in [0, 0.1) is 6.92 Å². The molecular formula is C14H20O. The molecule has 1 aromatic carbocycles. The summed E-state index contributed by atoms with van der Waals surface area (Å²) in [5.41, 5.74) is 3.16. The Hall–Kier alpha value is -0.820. The first-order chi connectivity index (χ1) is 7.27. The van der Waals surface area contributed by atoms with Crippen molar-refractivity contribution in [3.8, 4) is 0 Å². The van der Waals surface area contributed by atoms with E-state index in [9.17, 15) is 0 Å². The Morgan fingerprint density at radius 1 is 1.20 bits per heavy atom. The van der Waals surface area contributed by atoms with Crippen LogP contribution in [0.4, 0.5) is 0 Å². The lowest BCUT2D eigenvalue weighted by Crippen LogP contribution is -2.15. The summed E-state index contributed by atoms with van der Waals surface area (Å²) in [5, 5.41) is 0. The molecule has 0 spiro atoms. The van der Waals surface area contributed by atoms with Crippen LogP contribution in [-0.4, -0.2) is 13.2 Å². The fraction of sp³-hybridized carbons (Fsp3) is 0.571. The van der Waals surface area contributed by atoms with Gasteiger partial charge in [0.2, 0.25) is 0 Å². The Bertz CT molecular complexity index is 309. The molecule has 1 heteroatoms. The van der Waals surface area contributed by atoms with E-state index in [1.54, 1.807) is 0 Å². The summed E-state index contributed by atoms with van der Waals surface area (Å²) < 4.78 is 5.69. The van der Waals surface area contributed by atoms with Gasteiger partial charge in [-0.25, -0.2) is 0 Å². The van der Waals surface area contributed by atoms with Gasteiger partial charge in [0.25, 0.3) is 0 Å². The van der Waals surface area contributed by atoms with Crippen molar-refractivity contribution in [2.45, 2.75) is 38.5 Å². The summed E-state index contributed by atoms with van der Waals surface area (Å²) in [4.78, 5) is 0. The van der Waals surface area contributed by atoms with Crippen LogP contribution >= 0.6 is 0 Å². The number of ether oxygens (including phenoxy) is 1. The Labute approximate surface area is 92.5 Å². The highest BCUT2D eigenvalue weighted by molar-refractivity contribution is 5.33. The lowest BCUT2D eigenvalue weighted by atomic mass is 9.96. The van der Waals surface area contributed by atoms with Gasteiger partial charge < -0.3 is 4.74 Å². The van der Waals surface area contributed by atoms with Crippen LogP contribution in [0.3, 0.4) is 0 Å². The van der Waals surface area contributed by atoms with Crippen molar-refractivity contribution in [1.29, 1.82) is 0 Å². The number of aryl methyl sites for hydroxylation is 1. The molecule has 0 atom stereocenters. The smallest absolute Gasteiger partial charge is 0.0562 e. The molecule has 82 valence electrons. The van der Waals surface area contributed by atoms with Crippen molar-refractivity contribution in [3.05, 3.63) is 35.4 Å². The summed E-state index contributed by atoms with van der Waals surface area (Å²) in [6.45, 7) is 6.10. The average molecular weight is 204 g/mol. The number of hydrogen-bond donors (Lipinski definition) is 0. The molecular weight excluding hydrogens is 184 g/mol. The normalized spacial score (nSPS) is 17.7. The monoisotopic (exact) mass is 204 g/mol. The summed E-state index contributed by atoms with van der Waals surface area (Å²) in [6, 6.07) is 8.93. The number of benzene rings is 1. The van der Waals surface area contributed by atoms with E-state index in [1.807, 2.05) is 0 Å². The van der Waals surface area contributed by atoms with Crippen molar-refractivity contribution in [2.75, 3.05) is 13.2 Å². The van der Waals surface area contributed by atoms with Crippen molar-refractivity contribution in [3.63, 3.8) is 0 Å². The van der Waals surface area contributed by atoms with Crippen LogP contribution in [0.15, 0.2) is 24.3 Å². The zero-order chi connectivity index (χ0) is 10.7. The first-order valence-electron chi connectivity index (χ1n) is 5.92. The molecule has 1 aliphatic rings. The molecule has 0 aromatic heterocycles. The third kappa shape index (κ3) is 2.40. The molecule has 1 aromatic rings. The van der Waals surface area contributed by atoms with E-state index in [1.165, 1.54) is 24.0 Å². The third-order valence-electron chi connectivity index (χ3n) is 3.24. The van der Waals surface area contributed by atoms with E-state index in [2.05, 4.69) is 38.1 Å². The Balaban J connectivity index is 1.99. The molecule has 2 rings (SSSR count). The van der Waals surface area contributed by atoms with Gasteiger partial charge in [-0.05, 0) is 31.7 Å². The molecule has 0 heterocycles. The van der Waals surface area contributed by atoms with Gasteiger partial charge in [0.05, 0.1) is 6.61 Å². The molecule has 0 N–H and O–H groups in total. The lowest BCUT2D eigenvalue weighted by molar-refractivity contribution is 0.114.